The van der Waals surface area contributed by atoms with Crippen molar-refractivity contribution in [3.8, 4) is 5.75 Å². The van der Waals surface area contributed by atoms with Gasteiger partial charge in [0.05, 0.1) is 12.2 Å². The Bertz CT molecular complexity index is 634. The number of aliphatic hydroxyl groups excluding tert-OH is 1. The zero-order valence-electron chi connectivity index (χ0n) is 13.1. The van der Waals surface area contributed by atoms with Gasteiger partial charge in [-0.3, -0.25) is 4.79 Å². The number of aryl methyl sites for hydroxylation is 1. The predicted molar refractivity (Wildman–Crippen MR) is 84.9 cm³/mol. The molecule has 1 atom stereocenters. The third kappa shape index (κ3) is 4.11. The van der Waals surface area contributed by atoms with E-state index >= 15 is 0 Å². The highest BCUT2D eigenvalue weighted by Crippen LogP contribution is 2.20. The maximum absolute atomic E-state index is 12.0. The number of hydrogen-bond donors (Lipinski definition) is 2. The fraction of sp³-hybridized carbons (Fsp3) is 0.353. The average Bonchev–Trinajstić information content (AvgIpc) is 2.90. The van der Waals surface area contributed by atoms with Gasteiger partial charge in [-0.05, 0) is 43.7 Å². The molecule has 0 aliphatic rings. The minimum absolute atomic E-state index is 0.0736. The zero-order valence-corrected chi connectivity index (χ0v) is 13.1. The van der Waals surface area contributed by atoms with E-state index in [1.54, 1.807) is 36.0 Å². The van der Waals surface area contributed by atoms with Gasteiger partial charge in [-0.25, -0.2) is 0 Å². The van der Waals surface area contributed by atoms with Crippen LogP contribution in [-0.4, -0.2) is 28.2 Å². The fourth-order valence-electron chi connectivity index (χ4n) is 2.16. The molecule has 22 heavy (non-hydrogen) atoms. The van der Waals surface area contributed by atoms with E-state index in [4.69, 9.17) is 4.74 Å². The molecule has 0 radical (unpaired) electrons. The second-order valence-corrected chi connectivity index (χ2v) is 5.47. The molecule has 2 rings (SSSR count). The predicted octanol–water partition coefficient (Wildman–Crippen LogP) is 2.28. The van der Waals surface area contributed by atoms with Crippen molar-refractivity contribution in [3.63, 3.8) is 0 Å². The number of aromatic nitrogens is 1. The molecule has 0 spiro atoms. The van der Waals surface area contributed by atoms with Crippen LogP contribution >= 0.6 is 0 Å². The summed E-state index contributed by atoms with van der Waals surface area (Å²) in [5.41, 5.74) is 1.27. The monoisotopic (exact) mass is 302 g/mol. The molecule has 0 aliphatic heterocycles. The van der Waals surface area contributed by atoms with E-state index in [1.165, 1.54) is 0 Å². The Hall–Kier alpha value is -2.27. The molecule has 0 aliphatic carbocycles. The van der Waals surface area contributed by atoms with Crippen LogP contribution in [0.1, 0.15) is 36.0 Å². The quantitative estimate of drug-likeness (QED) is 0.860. The number of benzene rings is 1. The normalized spacial score (nSPS) is 12.2. The number of carbonyl (C=O) groups excluding carboxylic acids is 1. The summed E-state index contributed by atoms with van der Waals surface area (Å²) in [6.07, 6.45) is 1.10. The summed E-state index contributed by atoms with van der Waals surface area (Å²) < 4.78 is 7.34. The molecule has 118 valence electrons. The molecular weight excluding hydrogens is 280 g/mol. The molecule has 0 saturated heterocycles. The minimum atomic E-state index is -0.778. The van der Waals surface area contributed by atoms with E-state index in [-0.39, 0.29) is 18.6 Å². The fourth-order valence-corrected chi connectivity index (χ4v) is 2.16. The van der Waals surface area contributed by atoms with Crippen LogP contribution in [0.2, 0.25) is 0 Å². The van der Waals surface area contributed by atoms with E-state index in [0.29, 0.717) is 17.0 Å². The molecule has 2 aromatic rings. The molecule has 5 heteroatoms. The second-order valence-electron chi connectivity index (χ2n) is 5.47. The van der Waals surface area contributed by atoms with Crippen molar-refractivity contribution < 1.29 is 14.6 Å². The largest absolute Gasteiger partial charge is 0.491 e. The molecular formula is C17H22N2O3. The number of nitrogens with zero attached hydrogens (tertiary/aromatic N) is 1. The maximum atomic E-state index is 12.0. The lowest BCUT2D eigenvalue weighted by atomic mass is 10.1. The number of carbonyl (C=O) groups is 1. The van der Waals surface area contributed by atoms with Gasteiger partial charge in [0, 0.05) is 19.8 Å². The van der Waals surface area contributed by atoms with E-state index in [1.807, 2.05) is 32.0 Å². The standard InChI is InChI=1S/C17H22N2O3/c1-12(2)22-14-7-4-6-13(10-14)16(20)11-18-17(21)15-8-5-9-19(15)3/h4-10,12,16,20H,11H2,1-3H3,(H,18,21)/t16-/m0/s1. The number of nitrogens with one attached hydrogen (secondary N) is 1. The third-order valence-electron chi connectivity index (χ3n) is 3.25. The summed E-state index contributed by atoms with van der Waals surface area (Å²) in [7, 11) is 1.80. The summed E-state index contributed by atoms with van der Waals surface area (Å²) in [6, 6.07) is 10.8. The van der Waals surface area contributed by atoms with Crippen molar-refractivity contribution in [2.45, 2.75) is 26.1 Å². The van der Waals surface area contributed by atoms with Crippen LogP contribution in [0.4, 0.5) is 0 Å². The first kappa shape index (κ1) is 16.1. The summed E-state index contributed by atoms with van der Waals surface area (Å²) >= 11 is 0. The van der Waals surface area contributed by atoms with Gasteiger partial charge in [-0.15, -0.1) is 0 Å². The first-order valence-corrected chi connectivity index (χ1v) is 7.31. The van der Waals surface area contributed by atoms with Crippen LogP contribution in [0.15, 0.2) is 42.6 Å². The highest BCUT2D eigenvalue weighted by molar-refractivity contribution is 5.92. The summed E-state index contributed by atoms with van der Waals surface area (Å²) in [5, 5.41) is 13.0. The van der Waals surface area contributed by atoms with Crippen molar-refractivity contribution in [1.82, 2.24) is 9.88 Å². The Balaban J connectivity index is 1.96. The summed E-state index contributed by atoms with van der Waals surface area (Å²) in [6.45, 7) is 4.04. The van der Waals surface area contributed by atoms with Crippen molar-refractivity contribution >= 4 is 5.91 Å². The Labute approximate surface area is 130 Å². The van der Waals surface area contributed by atoms with Crippen LogP contribution in [0, 0.1) is 0 Å². The van der Waals surface area contributed by atoms with Gasteiger partial charge >= 0.3 is 0 Å². The molecule has 2 N–H and O–H groups in total. The van der Waals surface area contributed by atoms with Gasteiger partial charge in [0.1, 0.15) is 11.4 Å². The molecule has 1 amide bonds. The third-order valence-corrected chi connectivity index (χ3v) is 3.25. The Morgan fingerprint density at radius 2 is 2.09 bits per heavy atom. The minimum Gasteiger partial charge on any atom is -0.491 e. The van der Waals surface area contributed by atoms with Gasteiger partial charge in [0.15, 0.2) is 0 Å². The van der Waals surface area contributed by atoms with Crippen LogP contribution in [-0.2, 0) is 7.05 Å². The van der Waals surface area contributed by atoms with Crippen LogP contribution in [0.25, 0.3) is 0 Å². The SMILES string of the molecule is CC(C)Oc1cccc([C@@H](O)CNC(=O)c2cccn2C)c1. The molecule has 1 heterocycles. The van der Waals surface area contributed by atoms with Gasteiger partial charge in [0.2, 0.25) is 0 Å². The number of hydrogen-bond acceptors (Lipinski definition) is 3. The second kappa shape index (κ2) is 7.13. The van der Waals surface area contributed by atoms with E-state index in [0.717, 1.165) is 0 Å². The first-order valence-electron chi connectivity index (χ1n) is 7.31. The van der Waals surface area contributed by atoms with Crippen molar-refractivity contribution in [2.75, 3.05) is 6.54 Å². The Morgan fingerprint density at radius 3 is 2.73 bits per heavy atom. The summed E-state index contributed by atoms with van der Waals surface area (Å²) in [5.74, 6) is 0.501. The van der Waals surface area contributed by atoms with Crippen LogP contribution < -0.4 is 10.1 Å². The van der Waals surface area contributed by atoms with Crippen molar-refractivity contribution in [3.05, 3.63) is 53.9 Å². The molecule has 1 aromatic heterocycles. The lowest BCUT2D eigenvalue weighted by Gasteiger charge is -2.15. The zero-order chi connectivity index (χ0) is 16.1. The number of ether oxygens (including phenoxy) is 1. The molecule has 0 bridgehead atoms. The molecule has 1 aromatic carbocycles. The molecule has 0 fully saturated rings. The van der Waals surface area contributed by atoms with E-state index in [9.17, 15) is 9.90 Å². The summed E-state index contributed by atoms with van der Waals surface area (Å²) in [4.78, 5) is 12.0. The smallest absolute Gasteiger partial charge is 0.267 e. The van der Waals surface area contributed by atoms with E-state index < -0.39 is 6.10 Å². The topological polar surface area (TPSA) is 63.5 Å². The van der Waals surface area contributed by atoms with Crippen molar-refractivity contribution in [2.24, 2.45) is 7.05 Å². The van der Waals surface area contributed by atoms with E-state index in [2.05, 4.69) is 5.32 Å². The molecule has 5 nitrogen and oxygen atoms in total. The molecule has 0 saturated carbocycles. The van der Waals surface area contributed by atoms with Crippen LogP contribution in [0.3, 0.4) is 0 Å². The van der Waals surface area contributed by atoms with Gasteiger partial charge in [0.25, 0.3) is 5.91 Å². The lowest BCUT2D eigenvalue weighted by Crippen LogP contribution is -2.29. The Morgan fingerprint density at radius 1 is 1.32 bits per heavy atom. The maximum Gasteiger partial charge on any atom is 0.267 e. The van der Waals surface area contributed by atoms with Gasteiger partial charge in [-0.1, -0.05) is 12.1 Å². The highest BCUT2D eigenvalue weighted by Gasteiger charge is 2.13. The number of amides is 1. The number of rotatable bonds is 6. The lowest BCUT2D eigenvalue weighted by molar-refractivity contribution is 0.0908. The highest BCUT2D eigenvalue weighted by atomic mass is 16.5. The Kier molecular flexibility index (Phi) is 5.22. The first-order chi connectivity index (χ1) is 10.5. The molecule has 0 unspecified atom stereocenters. The van der Waals surface area contributed by atoms with Gasteiger partial charge < -0.3 is 19.7 Å². The average molecular weight is 302 g/mol. The van der Waals surface area contributed by atoms with Crippen LogP contribution in [0.5, 0.6) is 5.75 Å². The van der Waals surface area contributed by atoms with Crippen molar-refractivity contribution in [1.29, 1.82) is 0 Å². The number of aliphatic hydroxyl groups is 1. The van der Waals surface area contributed by atoms with Gasteiger partial charge in [-0.2, -0.15) is 0 Å².